The number of carbonyl (C=O) groups excluding carboxylic acids is 2. The van der Waals surface area contributed by atoms with Crippen molar-refractivity contribution in [3.05, 3.63) is 97.4 Å². The van der Waals surface area contributed by atoms with Crippen LogP contribution in [0.15, 0.2) is 59.2 Å². The quantitative estimate of drug-likeness (QED) is 0.368. The zero-order valence-electron chi connectivity index (χ0n) is 18.2. The van der Waals surface area contributed by atoms with Gasteiger partial charge < -0.3 is 10.1 Å². The highest BCUT2D eigenvalue weighted by Gasteiger charge is 2.54. The van der Waals surface area contributed by atoms with Crippen LogP contribution in [0, 0.1) is 11.7 Å². The van der Waals surface area contributed by atoms with E-state index < -0.39 is 17.4 Å². The van der Waals surface area contributed by atoms with Crippen molar-refractivity contribution in [2.75, 3.05) is 6.73 Å². The molecule has 2 amide bonds. The van der Waals surface area contributed by atoms with Gasteiger partial charge >= 0.3 is 0 Å². The van der Waals surface area contributed by atoms with Crippen molar-refractivity contribution in [3.8, 4) is 0 Å². The summed E-state index contributed by atoms with van der Waals surface area (Å²) in [4.78, 5) is 31.8. The Bertz CT molecular complexity index is 1300. The molecular formula is C25H19BrCl2FN3O3. The van der Waals surface area contributed by atoms with Crippen molar-refractivity contribution in [3.63, 3.8) is 0 Å². The van der Waals surface area contributed by atoms with Gasteiger partial charge in [0.15, 0.2) is 0 Å². The lowest BCUT2D eigenvalue weighted by Crippen LogP contribution is -2.49. The number of hydrogen-bond donors (Lipinski definition) is 1. The van der Waals surface area contributed by atoms with Gasteiger partial charge in [0.1, 0.15) is 12.5 Å². The molecule has 3 aromatic rings. The number of ether oxygens (including phenoxy) is 1. The predicted octanol–water partition coefficient (Wildman–Crippen LogP) is 5.65. The van der Waals surface area contributed by atoms with Gasteiger partial charge in [-0.1, -0.05) is 51.3 Å². The summed E-state index contributed by atoms with van der Waals surface area (Å²) in [5.74, 6) is -1.24. The molecule has 0 spiro atoms. The standard InChI is InChI=1S/C25H19BrCl2FN3O3/c26-16-9-20-22(21(29)10-16)25(15-3-5-17(27)6-4-15,35-13-31-23(33)14-1-2-14)32(24(20)34)12-19-8-7-18(28)11-30-19/h3-11,14H,1-2,12-13H2,(H,31,33)/t25-/m1/s1. The van der Waals surface area contributed by atoms with E-state index in [9.17, 15) is 9.59 Å². The Balaban J connectivity index is 1.65. The molecule has 0 radical (unpaired) electrons. The lowest BCUT2D eigenvalue weighted by Gasteiger charge is -2.39. The summed E-state index contributed by atoms with van der Waals surface area (Å²) in [7, 11) is 0. The van der Waals surface area contributed by atoms with Crippen LogP contribution in [0.3, 0.4) is 0 Å². The Labute approximate surface area is 219 Å². The number of nitrogens with zero attached hydrogens (tertiary/aromatic N) is 2. The van der Waals surface area contributed by atoms with E-state index in [4.69, 9.17) is 27.9 Å². The van der Waals surface area contributed by atoms with Crippen molar-refractivity contribution in [1.29, 1.82) is 0 Å². The van der Waals surface area contributed by atoms with E-state index in [0.717, 1.165) is 12.8 Å². The second-order valence-electron chi connectivity index (χ2n) is 8.42. The van der Waals surface area contributed by atoms with E-state index in [2.05, 4.69) is 26.2 Å². The average Bonchev–Trinajstić information content (AvgIpc) is 3.65. The Kier molecular flexibility index (Phi) is 6.57. The van der Waals surface area contributed by atoms with Crippen LogP contribution in [0.1, 0.15) is 40.0 Å². The number of pyridine rings is 1. The van der Waals surface area contributed by atoms with Crippen LogP contribution in [-0.4, -0.2) is 28.4 Å². The van der Waals surface area contributed by atoms with E-state index in [1.165, 1.54) is 17.2 Å². The molecule has 2 heterocycles. The summed E-state index contributed by atoms with van der Waals surface area (Å²) in [6, 6.07) is 12.8. The molecule has 1 aliphatic carbocycles. The lowest BCUT2D eigenvalue weighted by molar-refractivity contribution is -0.137. The maximum Gasteiger partial charge on any atom is 0.257 e. The third-order valence-electron chi connectivity index (χ3n) is 6.07. The van der Waals surface area contributed by atoms with Crippen molar-refractivity contribution in [1.82, 2.24) is 15.2 Å². The summed E-state index contributed by atoms with van der Waals surface area (Å²) < 4.78 is 22.4. The van der Waals surface area contributed by atoms with Crippen LogP contribution in [0.5, 0.6) is 0 Å². The van der Waals surface area contributed by atoms with E-state index in [1.54, 1.807) is 42.5 Å². The Morgan fingerprint density at radius 2 is 1.89 bits per heavy atom. The molecule has 6 nitrogen and oxygen atoms in total. The molecule has 10 heteroatoms. The maximum absolute atomic E-state index is 15.6. The monoisotopic (exact) mass is 577 g/mol. The molecule has 5 rings (SSSR count). The van der Waals surface area contributed by atoms with Crippen molar-refractivity contribution < 1.29 is 18.7 Å². The number of aromatic nitrogens is 1. The average molecular weight is 579 g/mol. The van der Waals surface area contributed by atoms with Gasteiger partial charge in [0, 0.05) is 27.2 Å². The molecule has 0 unspecified atom stereocenters. The molecule has 1 aliphatic heterocycles. The Morgan fingerprint density at radius 1 is 1.17 bits per heavy atom. The number of nitrogens with one attached hydrogen (secondary N) is 1. The molecule has 2 aliphatic rings. The summed E-state index contributed by atoms with van der Waals surface area (Å²) >= 11 is 15.4. The van der Waals surface area contributed by atoms with Crippen molar-refractivity contribution >= 4 is 50.9 Å². The molecule has 1 fully saturated rings. The van der Waals surface area contributed by atoms with E-state index in [1.807, 2.05) is 0 Å². The van der Waals surface area contributed by atoms with E-state index in [0.29, 0.717) is 25.8 Å². The van der Waals surface area contributed by atoms with Crippen LogP contribution < -0.4 is 5.32 Å². The zero-order chi connectivity index (χ0) is 24.7. The number of amides is 2. The minimum absolute atomic E-state index is 0.000932. The molecule has 35 heavy (non-hydrogen) atoms. The first kappa shape index (κ1) is 24.2. The first-order chi connectivity index (χ1) is 16.8. The van der Waals surface area contributed by atoms with Gasteiger partial charge in [0.2, 0.25) is 11.6 Å². The second-order valence-corrected chi connectivity index (χ2v) is 10.2. The molecule has 0 saturated heterocycles. The fraction of sp³-hybridized carbons (Fsp3) is 0.240. The summed E-state index contributed by atoms with van der Waals surface area (Å²) in [6.07, 6.45) is 3.13. The smallest absolute Gasteiger partial charge is 0.257 e. The zero-order valence-corrected chi connectivity index (χ0v) is 21.3. The van der Waals surface area contributed by atoms with Gasteiger partial charge in [-0.25, -0.2) is 4.39 Å². The third kappa shape index (κ3) is 4.56. The molecule has 180 valence electrons. The summed E-state index contributed by atoms with van der Waals surface area (Å²) in [5, 5.41) is 3.67. The first-order valence-electron chi connectivity index (χ1n) is 10.9. The normalized spacial score (nSPS) is 19.1. The van der Waals surface area contributed by atoms with Crippen LogP contribution >= 0.6 is 39.1 Å². The van der Waals surface area contributed by atoms with Crippen LogP contribution in [0.2, 0.25) is 10.0 Å². The fourth-order valence-corrected chi connectivity index (χ4v) is 4.93. The van der Waals surface area contributed by atoms with Crippen molar-refractivity contribution in [2.45, 2.75) is 25.1 Å². The maximum atomic E-state index is 15.6. The van der Waals surface area contributed by atoms with Gasteiger partial charge in [-0.05, 0) is 49.2 Å². The van der Waals surface area contributed by atoms with Gasteiger partial charge in [-0.2, -0.15) is 0 Å². The second kappa shape index (κ2) is 9.50. The molecular weight excluding hydrogens is 560 g/mol. The van der Waals surface area contributed by atoms with Crippen LogP contribution in [0.4, 0.5) is 4.39 Å². The van der Waals surface area contributed by atoms with Crippen LogP contribution in [0.25, 0.3) is 0 Å². The topological polar surface area (TPSA) is 71.5 Å². The highest BCUT2D eigenvalue weighted by Crippen LogP contribution is 2.48. The highest BCUT2D eigenvalue weighted by molar-refractivity contribution is 9.10. The number of benzene rings is 2. The Hall–Kier alpha value is -2.52. The fourth-order valence-electron chi connectivity index (χ4n) is 4.27. The summed E-state index contributed by atoms with van der Waals surface area (Å²) in [6.45, 7) is -0.230. The molecule has 1 N–H and O–H groups in total. The highest BCUT2D eigenvalue weighted by atomic mass is 79.9. The minimum atomic E-state index is -1.68. The molecule has 1 aromatic heterocycles. The summed E-state index contributed by atoms with van der Waals surface area (Å²) in [5.41, 5.74) is -0.472. The number of rotatable bonds is 7. The van der Waals surface area contributed by atoms with Gasteiger partial charge in [-0.15, -0.1) is 0 Å². The Morgan fingerprint density at radius 3 is 2.54 bits per heavy atom. The van der Waals surface area contributed by atoms with Gasteiger partial charge in [0.25, 0.3) is 5.91 Å². The largest absolute Gasteiger partial charge is 0.333 e. The predicted molar refractivity (Wildman–Crippen MR) is 132 cm³/mol. The molecule has 1 saturated carbocycles. The number of fused-ring (bicyclic) bond motifs is 1. The SMILES string of the molecule is O=C(NCO[C@]1(c2ccc(Cl)cc2)c2c(F)cc(Br)cc2C(=O)N1Cc1ccc(Cl)cn1)C1CC1. The van der Waals surface area contributed by atoms with Gasteiger partial charge in [0.05, 0.1) is 28.4 Å². The number of carbonyl (C=O) groups is 2. The van der Waals surface area contributed by atoms with E-state index >= 15 is 4.39 Å². The minimum Gasteiger partial charge on any atom is -0.333 e. The molecule has 0 bridgehead atoms. The lowest BCUT2D eigenvalue weighted by atomic mass is 9.92. The van der Waals surface area contributed by atoms with E-state index in [-0.39, 0.29) is 36.2 Å². The third-order valence-corrected chi connectivity index (χ3v) is 7.00. The van der Waals surface area contributed by atoms with Crippen LogP contribution in [-0.2, 0) is 21.8 Å². The van der Waals surface area contributed by atoms with Gasteiger partial charge in [-0.3, -0.25) is 19.5 Å². The first-order valence-corrected chi connectivity index (χ1v) is 12.4. The molecule has 2 aromatic carbocycles. The molecule has 1 atom stereocenters. The number of hydrogen-bond acceptors (Lipinski definition) is 4. The van der Waals surface area contributed by atoms with Crippen molar-refractivity contribution in [2.24, 2.45) is 5.92 Å². The number of halogens is 4.